The maximum absolute atomic E-state index is 12.3. The van der Waals surface area contributed by atoms with E-state index in [4.69, 9.17) is 5.11 Å². The summed E-state index contributed by atoms with van der Waals surface area (Å²) in [6.07, 6.45) is 0.987. The second-order valence-electron chi connectivity index (χ2n) is 6.65. The highest BCUT2D eigenvalue weighted by atomic mass is 32.2. The molecule has 31 heavy (non-hydrogen) atoms. The first-order valence-corrected chi connectivity index (χ1v) is 10.5. The molecule has 3 amide bonds. The Labute approximate surface area is 177 Å². The van der Waals surface area contributed by atoms with Gasteiger partial charge in [-0.15, -0.1) is 0 Å². The lowest BCUT2D eigenvalue weighted by Crippen LogP contribution is -2.34. The molecule has 1 heterocycles. The molecule has 0 saturated carbocycles. The van der Waals surface area contributed by atoms with Crippen molar-refractivity contribution >= 4 is 39.2 Å². The number of rotatable bonds is 7. The van der Waals surface area contributed by atoms with Crippen molar-refractivity contribution in [1.29, 1.82) is 0 Å². The molecule has 10 nitrogen and oxygen atoms in total. The van der Waals surface area contributed by atoms with Gasteiger partial charge in [0.25, 0.3) is 21.9 Å². The molecule has 0 unspecified atom stereocenters. The van der Waals surface area contributed by atoms with Crippen molar-refractivity contribution in [3.8, 4) is 11.1 Å². The van der Waals surface area contributed by atoms with Gasteiger partial charge in [-0.1, -0.05) is 18.2 Å². The number of anilines is 2. The Bertz CT molecular complexity index is 1190. The third-order valence-corrected chi connectivity index (χ3v) is 5.29. The summed E-state index contributed by atoms with van der Waals surface area (Å²) >= 11 is 0. The number of amides is 3. The minimum Gasteiger partial charge on any atom is -0.395 e. The lowest BCUT2D eigenvalue weighted by Gasteiger charge is -2.15. The van der Waals surface area contributed by atoms with E-state index in [2.05, 4.69) is 10.6 Å². The molecule has 11 heteroatoms. The second kappa shape index (κ2) is 8.68. The van der Waals surface area contributed by atoms with E-state index in [1.165, 1.54) is 19.1 Å². The topological polar surface area (TPSA) is 153 Å². The van der Waals surface area contributed by atoms with Crippen molar-refractivity contribution in [2.75, 3.05) is 23.8 Å². The smallest absolute Gasteiger partial charge is 0.296 e. The summed E-state index contributed by atoms with van der Waals surface area (Å²) < 4.78 is 33.6. The predicted molar refractivity (Wildman–Crippen MR) is 112 cm³/mol. The number of β-amino-alcohol motifs (C(OH)–C–C–N with tert-alkyl or cyclic N) is 1. The zero-order valence-electron chi connectivity index (χ0n) is 16.3. The molecule has 2 aromatic rings. The number of hydrogen-bond donors (Lipinski definition) is 4. The molecule has 0 bridgehead atoms. The number of hydrogen-bond acceptors (Lipinski definition) is 7. The van der Waals surface area contributed by atoms with Crippen LogP contribution in [0.1, 0.15) is 6.92 Å². The maximum atomic E-state index is 12.3. The van der Waals surface area contributed by atoms with Crippen molar-refractivity contribution in [2.45, 2.75) is 11.8 Å². The van der Waals surface area contributed by atoms with Crippen LogP contribution in [-0.4, -0.2) is 53.9 Å². The van der Waals surface area contributed by atoms with E-state index in [0.29, 0.717) is 16.8 Å². The first-order valence-electron chi connectivity index (χ1n) is 9.05. The number of carbonyl (C=O) groups is 3. The first-order chi connectivity index (χ1) is 14.6. The monoisotopic (exact) mass is 445 g/mol. The van der Waals surface area contributed by atoms with Gasteiger partial charge in [0, 0.05) is 18.7 Å². The summed E-state index contributed by atoms with van der Waals surface area (Å²) in [5.74, 6) is -1.60. The highest BCUT2D eigenvalue weighted by molar-refractivity contribution is 7.86. The van der Waals surface area contributed by atoms with Crippen molar-refractivity contribution < 1.29 is 32.5 Å². The number of aliphatic hydroxyl groups is 1. The number of nitrogens with zero attached hydrogens (tertiary/aromatic N) is 1. The summed E-state index contributed by atoms with van der Waals surface area (Å²) in [7, 11) is -4.68. The van der Waals surface area contributed by atoms with Gasteiger partial charge in [-0.2, -0.15) is 8.42 Å². The van der Waals surface area contributed by atoms with Crippen LogP contribution in [0.15, 0.2) is 59.1 Å². The van der Waals surface area contributed by atoms with Crippen LogP contribution in [0.3, 0.4) is 0 Å². The van der Waals surface area contributed by atoms with Crippen LogP contribution in [0.25, 0.3) is 11.1 Å². The third-order valence-electron chi connectivity index (χ3n) is 4.40. The van der Waals surface area contributed by atoms with E-state index in [-0.39, 0.29) is 23.8 Å². The average Bonchev–Trinajstić information content (AvgIpc) is 2.95. The summed E-state index contributed by atoms with van der Waals surface area (Å²) in [5.41, 5.74) is 1.35. The molecule has 2 aromatic carbocycles. The second-order valence-corrected chi connectivity index (χ2v) is 8.04. The van der Waals surface area contributed by atoms with Gasteiger partial charge in [-0.25, -0.2) is 0 Å². The van der Waals surface area contributed by atoms with Gasteiger partial charge < -0.3 is 15.7 Å². The van der Waals surface area contributed by atoms with Crippen molar-refractivity contribution in [2.24, 2.45) is 0 Å². The highest BCUT2D eigenvalue weighted by Crippen LogP contribution is 2.30. The molecule has 0 aliphatic carbocycles. The van der Waals surface area contributed by atoms with Crippen LogP contribution >= 0.6 is 0 Å². The average molecular weight is 445 g/mol. The van der Waals surface area contributed by atoms with Gasteiger partial charge in [0.1, 0.15) is 10.6 Å². The molecule has 0 spiro atoms. The maximum Gasteiger partial charge on any atom is 0.296 e. The number of benzene rings is 2. The molecule has 4 N–H and O–H groups in total. The highest BCUT2D eigenvalue weighted by Gasteiger charge is 2.31. The minimum atomic E-state index is -4.68. The molecule has 1 aliphatic heterocycles. The van der Waals surface area contributed by atoms with E-state index < -0.39 is 33.4 Å². The normalized spacial score (nSPS) is 13.9. The van der Waals surface area contributed by atoms with E-state index in [1.807, 2.05) is 0 Å². The van der Waals surface area contributed by atoms with E-state index in [9.17, 15) is 27.4 Å². The van der Waals surface area contributed by atoms with Crippen LogP contribution in [0.5, 0.6) is 0 Å². The van der Waals surface area contributed by atoms with Gasteiger partial charge >= 0.3 is 0 Å². The molecule has 3 rings (SSSR count). The Morgan fingerprint density at radius 1 is 1.06 bits per heavy atom. The van der Waals surface area contributed by atoms with Crippen LogP contribution in [0, 0.1) is 0 Å². The zero-order chi connectivity index (χ0) is 22.8. The van der Waals surface area contributed by atoms with Gasteiger partial charge in [0.05, 0.1) is 18.8 Å². The molecule has 162 valence electrons. The quantitative estimate of drug-likeness (QED) is 0.366. The number of carbonyl (C=O) groups excluding carboxylic acids is 3. The first kappa shape index (κ1) is 22.2. The van der Waals surface area contributed by atoms with Crippen LogP contribution in [0.4, 0.5) is 11.4 Å². The van der Waals surface area contributed by atoms with E-state index in [1.54, 1.807) is 30.3 Å². The SMILES string of the molecule is CC(=O)Nc1ccc(-c2ccc(NC3=CC(=O)N(CCO)C3=O)c(S(=O)(=O)O)c2)cc1. The third kappa shape index (κ3) is 4.97. The van der Waals surface area contributed by atoms with Crippen LogP contribution in [0.2, 0.25) is 0 Å². The van der Waals surface area contributed by atoms with Crippen LogP contribution < -0.4 is 10.6 Å². The Morgan fingerprint density at radius 2 is 1.71 bits per heavy atom. The molecule has 0 radical (unpaired) electrons. The molecule has 0 aromatic heterocycles. The number of imide groups is 1. The Hall–Kier alpha value is -3.54. The predicted octanol–water partition coefficient (Wildman–Crippen LogP) is 1.22. The Balaban J connectivity index is 1.93. The number of nitrogens with one attached hydrogen (secondary N) is 2. The van der Waals surface area contributed by atoms with E-state index >= 15 is 0 Å². The standard InChI is InChI=1S/C20H19N3O7S/c1-12(25)21-15-5-2-13(3-6-15)14-4-7-16(18(10-14)31(28,29)30)22-17-11-19(26)23(8-9-24)20(17)27/h2-7,10-11,22,24H,8-9H2,1H3,(H,21,25)(H,28,29,30). The van der Waals surface area contributed by atoms with Crippen molar-refractivity contribution in [3.63, 3.8) is 0 Å². The fourth-order valence-corrected chi connectivity index (χ4v) is 3.70. The van der Waals surface area contributed by atoms with Gasteiger partial charge in [0.15, 0.2) is 0 Å². The fraction of sp³-hybridized carbons (Fsp3) is 0.150. The zero-order valence-corrected chi connectivity index (χ0v) is 17.1. The fourth-order valence-electron chi connectivity index (χ4n) is 3.02. The molecule has 1 aliphatic rings. The van der Waals surface area contributed by atoms with Gasteiger partial charge in [-0.05, 0) is 35.4 Å². The molecule has 0 fully saturated rings. The van der Waals surface area contributed by atoms with E-state index in [0.717, 1.165) is 11.0 Å². The largest absolute Gasteiger partial charge is 0.395 e. The summed E-state index contributed by atoms with van der Waals surface area (Å²) in [4.78, 5) is 35.6. The summed E-state index contributed by atoms with van der Waals surface area (Å²) in [6.45, 7) is 0.765. The Morgan fingerprint density at radius 3 is 2.29 bits per heavy atom. The minimum absolute atomic E-state index is 0.0978. The van der Waals surface area contributed by atoms with Gasteiger partial charge in [-0.3, -0.25) is 23.8 Å². The van der Waals surface area contributed by atoms with Gasteiger partial charge in [0.2, 0.25) is 5.91 Å². The van der Waals surface area contributed by atoms with Crippen molar-refractivity contribution in [3.05, 3.63) is 54.2 Å². The number of aliphatic hydroxyl groups excluding tert-OH is 1. The lowest BCUT2D eigenvalue weighted by atomic mass is 10.0. The summed E-state index contributed by atoms with van der Waals surface area (Å²) in [5, 5.41) is 14.2. The molecule has 0 saturated heterocycles. The lowest BCUT2D eigenvalue weighted by molar-refractivity contribution is -0.137. The molecular weight excluding hydrogens is 426 g/mol. The van der Waals surface area contributed by atoms with Crippen LogP contribution in [-0.2, 0) is 24.5 Å². The van der Waals surface area contributed by atoms with Crippen molar-refractivity contribution in [1.82, 2.24) is 4.90 Å². The molecule has 0 atom stereocenters. The molecular formula is C20H19N3O7S. The Kier molecular flexibility index (Phi) is 6.20. The summed E-state index contributed by atoms with van der Waals surface area (Å²) in [6, 6.07) is 10.7.